The standard InChI is InChI=1S/C20H21N3O5/c1-26-16-10-15(11-17(27-2)19(16)28-3)20(25)23-22-18(24)9-8-13-4-6-14(12-21)7-5-13/h4-7,10-11H,8-9H2,1-3H3,(H,22,24)(H,23,25). The summed E-state index contributed by atoms with van der Waals surface area (Å²) in [5, 5.41) is 8.78. The van der Waals surface area contributed by atoms with Gasteiger partial charge in [-0.15, -0.1) is 0 Å². The van der Waals surface area contributed by atoms with Crippen molar-refractivity contribution in [2.45, 2.75) is 12.8 Å². The maximum absolute atomic E-state index is 12.3. The summed E-state index contributed by atoms with van der Waals surface area (Å²) in [5.41, 5.74) is 6.45. The van der Waals surface area contributed by atoms with Crippen LogP contribution in [0.25, 0.3) is 0 Å². The zero-order valence-corrected chi connectivity index (χ0v) is 15.9. The number of hydrogen-bond donors (Lipinski definition) is 2. The summed E-state index contributed by atoms with van der Waals surface area (Å²) in [4.78, 5) is 24.3. The third kappa shape index (κ3) is 5.14. The molecule has 2 aromatic rings. The van der Waals surface area contributed by atoms with Crippen LogP contribution in [0.4, 0.5) is 0 Å². The molecule has 2 amide bonds. The first kappa shape index (κ1) is 20.6. The van der Waals surface area contributed by atoms with Gasteiger partial charge in [0.25, 0.3) is 5.91 Å². The number of carbonyl (C=O) groups excluding carboxylic acids is 2. The maximum Gasteiger partial charge on any atom is 0.269 e. The Morgan fingerprint density at radius 3 is 2.07 bits per heavy atom. The van der Waals surface area contributed by atoms with E-state index in [1.165, 1.54) is 33.5 Å². The van der Waals surface area contributed by atoms with Crippen LogP contribution in [-0.2, 0) is 11.2 Å². The van der Waals surface area contributed by atoms with Gasteiger partial charge in [0.2, 0.25) is 11.7 Å². The van der Waals surface area contributed by atoms with E-state index >= 15 is 0 Å². The van der Waals surface area contributed by atoms with Crippen LogP contribution in [0.2, 0.25) is 0 Å². The quantitative estimate of drug-likeness (QED) is 0.708. The predicted molar refractivity (Wildman–Crippen MR) is 101 cm³/mol. The van der Waals surface area contributed by atoms with Gasteiger partial charge in [-0.2, -0.15) is 5.26 Å². The molecule has 28 heavy (non-hydrogen) atoms. The lowest BCUT2D eigenvalue weighted by Gasteiger charge is -2.14. The Morgan fingerprint density at radius 2 is 1.57 bits per heavy atom. The summed E-state index contributed by atoms with van der Waals surface area (Å²) in [7, 11) is 4.36. The van der Waals surface area contributed by atoms with Gasteiger partial charge in [-0.05, 0) is 36.2 Å². The number of aryl methyl sites for hydroxylation is 1. The number of rotatable bonds is 7. The Balaban J connectivity index is 1.93. The van der Waals surface area contributed by atoms with Crippen molar-refractivity contribution in [1.29, 1.82) is 5.26 Å². The van der Waals surface area contributed by atoms with Crippen molar-refractivity contribution < 1.29 is 23.8 Å². The highest BCUT2D eigenvalue weighted by molar-refractivity contribution is 5.96. The Morgan fingerprint density at radius 1 is 0.964 bits per heavy atom. The van der Waals surface area contributed by atoms with Crippen LogP contribution < -0.4 is 25.1 Å². The number of carbonyl (C=O) groups is 2. The van der Waals surface area contributed by atoms with E-state index in [0.29, 0.717) is 29.2 Å². The fraction of sp³-hybridized carbons (Fsp3) is 0.250. The van der Waals surface area contributed by atoms with Gasteiger partial charge in [0.1, 0.15) is 0 Å². The normalized spacial score (nSPS) is 9.79. The van der Waals surface area contributed by atoms with Crippen LogP contribution in [-0.4, -0.2) is 33.1 Å². The number of nitrogens with zero attached hydrogens (tertiary/aromatic N) is 1. The van der Waals surface area contributed by atoms with E-state index in [0.717, 1.165) is 5.56 Å². The van der Waals surface area contributed by atoms with E-state index in [2.05, 4.69) is 10.9 Å². The summed E-state index contributed by atoms with van der Waals surface area (Å²) in [5.74, 6) is 0.169. The van der Waals surface area contributed by atoms with Crippen molar-refractivity contribution >= 4 is 11.8 Å². The zero-order chi connectivity index (χ0) is 20.5. The Kier molecular flexibility index (Phi) is 7.22. The molecule has 0 saturated carbocycles. The smallest absolute Gasteiger partial charge is 0.269 e. The number of nitrogens with one attached hydrogen (secondary N) is 2. The second kappa shape index (κ2) is 9.83. The minimum Gasteiger partial charge on any atom is -0.493 e. The SMILES string of the molecule is COc1cc(C(=O)NNC(=O)CCc2ccc(C#N)cc2)cc(OC)c1OC. The molecular weight excluding hydrogens is 362 g/mol. The molecule has 0 aliphatic heterocycles. The average molecular weight is 383 g/mol. The highest BCUT2D eigenvalue weighted by Gasteiger charge is 2.17. The Bertz CT molecular complexity index is 863. The number of hydrazine groups is 1. The third-order valence-corrected chi connectivity index (χ3v) is 3.97. The minimum atomic E-state index is -0.522. The molecule has 0 fully saturated rings. The average Bonchev–Trinajstić information content (AvgIpc) is 2.74. The van der Waals surface area contributed by atoms with Gasteiger partial charge < -0.3 is 14.2 Å². The largest absolute Gasteiger partial charge is 0.493 e. The molecule has 0 atom stereocenters. The Hall–Kier alpha value is -3.73. The van der Waals surface area contributed by atoms with Gasteiger partial charge in [0.05, 0.1) is 33.0 Å². The van der Waals surface area contributed by atoms with Gasteiger partial charge in [0, 0.05) is 12.0 Å². The lowest BCUT2D eigenvalue weighted by molar-refractivity contribution is -0.121. The summed E-state index contributed by atoms with van der Waals surface area (Å²) < 4.78 is 15.6. The van der Waals surface area contributed by atoms with Crippen molar-refractivity contribution in [3.8, 4) is 23.3 Å². The van der Waals surface area contributed by atoms with E-state index in [1.807, 2.05) is 6.07 Å². The van der Waals surface area contributed by atoms with Crippen LogP contribution in [0.1, 0.15) is 27.9 Å². The fourth-order valence-electron chi connectivity index (χ4n) is 2.48. The van der Waals surface area contributed by atoms with Crippen molar-refractivity contribution in [2.75, 3.05) is 21.3 Å². The van der Waals surface area contributed by atoms with E-state index in [4.69, 9.17) is 19.5 Å². The van der Waals surface area contributed by atoms with Crippen molar-refractivity contribution in [1.82, 2.24) is 10.9 Å². The molecule has 0 heterocycles. The first-order valence-electron chi connectivity index (χ1n) is 8.40. The van der Waals surface area contributed by atoms with Crippen LogP contribution >= 0.6 is 0 Å². The van der Waals surface area contributed by atoms with Crippen molar-refractivity contribution in [2.24, 2.45) is 0 Å². The molecule has 2 aromatic carbocycles. The Labute approximate surface area is 163 Å². The third-order valence-electron chi connectivity index (χ3n) is 3.97. The van der Waals surface area contributed by atoms with Gasteiger partial charge in [-0.1, -0.05) is 12.1 Å². The molecule has 0 aliphatic carbocycles. The van der Waals surface area contributed by atoms with Gasteiger partial charge in [-0.3, -0.25) is 20.4 Å². The molecule has 0 spiro atoms. The molecule has 0 radical (unpaired) electrons. The maximum atomic E-state index is 12.3. The summed E-state index contributed by atoms with van der Waals surface area (Å²) in [6.07, 6.45) is 0.666. The molecule has 0 bridgehead atoms. The first-order chi connectivity index (χ1) is 13.5. The number of hydrogen-bond acceptors (Lipinski definition) is 6. The molecule has 2 rings (SSSR count). The summed E-state index contributed by atoms with van der Waals surface area (Å²) in [6, 6.07) is 12.0. The lowest BCUT2D eigenvalue weighted by Crippen LogP contribution is -2.41. The van der Waals surface area contributed by atoms with Crippen LogP contribution in [0, 0.1) is 11.3 Å². The molecule has 146 valence electrons. The van der Waals surface area contributed by atoms with Crippen LogP contribution in [0.3, 0.4) is 0 Å². The highest BCUT2D eigenvalue weighted by Crippen LogP contribution is 2.38. The van der Waals surface area contributed by atoms with Crippen LogP contribution in [0.15, 0.2) is 36.4 Å². The molecule has 0 aliphatic rings. The fourth-order valence-corrected chi connectivity index (χ4v) is 2.48. The van der Waals surface area contributed by atoms with Gasteiger partial charge in [-0.25, -0.2) is 0 Å². The molecule has 0 aromatic heterocycles. The van der Waals surface area contributed by atoms with Crippen LogP contribution in [0.5, 0.6) is 17.2 Å². The molecule has 2 N–H and O–H groups in total. The number of ether oxygens (including phenoxy) is 3. The molecule has 8 nitrogen and oxygen atoms in total. The molecule has 8 heteroatoms. The summed E-state index contributed by atoms with van der Waals surface area (Å²) >= 11 is 0. The van der Waals surface area contributed by atoms with E-state index < -0.39 is 5.91 Å². The zero-order valence-electron chi connectivity index (χ0n) is 15.9. The van der Waals surface area contributed by atoms with Crippen molar-refractivity contribution in [3.63, 3.8) is 0 Å². The second-order valence-corrected chi connectivity index (χ2v) is 5.73. The predicted octanol–water partition coefficient (Wildman–Crippen LogP) is 1.98. The summed E-state index contributed by atoms with van der Waals surface area (Å²) in [6.45, 7) is 0. The minimum absolute atomic E-state index is 0.182. The van der Waals surface area contributed by atoms with E-state index in [-0.39, 0.29) is 17.9 Å². The van der Waals surface area contributed by atoms with Gasteiger partial charge in [0.15, 0.2) is 11.5 Å². The highest BCUT2D eigenvalue weighted by atomic mass is 16.5. The van der Waals surface area contributed by atoms with Gasteiger partial charge >= 0.3 is 0 Å². The van der Waals surface area contributed by atoms with Crippen molar-refractivity contribution in [3.05, 3.63) is 53.1 Å². The number of amides is 2. The molecule has 0 unspecified atom stereocenters. The molecular formula is C20H21N3O5. The van der Waals surface area contributed by atoms with E-state index in [9.17, 15) is 9.59 Å². The molecule has 0 saturated heterocycles. The number of methoxy groups -OCH3 is 3. The van der Waals surface area contributed by atoms with E-state index in [1.54, 1.807) is 24.3 Å². The lowest BCUT2D eigenvalue weighted by atomic mass is 10.1. The number of benzene rings is 2. The second-order valence-electron chi connectivity index (χ2n) is 5.73. The number of nitriles is 1. The topological polar surface area (TPSA) is 110 Å². The monoisotopic (exact) mass is 383 g/mol. The first-order valence-corrected chi connectivity index (χ1v) is 8.40.